The molecule has 29 heavy (non-hydrogen) atoms. The predicted octanol–water partition coefficient (Wildman–Crippen LogP) is 2.82. The molecule has 2 aromatic rings. The van der Waals surface area contributed by atoms with Crippen molar-refractivity contribution in [2.75, 3.05) is 44.2 Å². The Kier molecular flexibility index (Phi) is 6.99. The molecule has 0 aromatic heterocycles. The highest BCUT2D eigenvalue weighted by Gasteiger charge is 2.21. The molecule has 1 aliphatic rings. The van der Waals surface area contributed by atoms with E-state index in [1.165, 1.54) is 24.1 Å². The van der Waals surface area contributed by atoms with Crippen LogP contribution < -0.4 is 10.2 Å². The van der Waals surface area contributed by atoms with Gasteiger partial charge in [0.25, 0.3) is 0 Å². The molecule has 1 N–H and O–H groups in total. The quantitative estimate of drug-likeness (QED) is 0.730. The number of halogens is 1. The Morgan fingerprint density at radius 2 is 1.79 bits per heavy atom. The lowest BCUT2D eigenvalue weighted by Crippen LogP contribution is -2.49. The van der Waals surface area contributed by atoms with Crippen molar-refractivity contribution in [3.8, 4) is 0 Å². The summed E-state index contributed by atoms with van der Waals surface area (Å²) in [6, 6.07) is 12.8. The van der Waals surface area contributed by atoms with Crippen molar-refractivity contribution in [3.63, 3.8) is 0 Å². The number of nitrogens with one attached hydrogen (secondary N) is 1. The van der Waals surface area contributed by atoms with E-state index in [0.29, 0.717) is 50.5 Å². The lowest BCUT2D eigenvalue weighted by molar-refractivity contribution is -0.122. The number of ketones is 1. The smallest absolute Gasteiger partial charge is 0.234 e. The van der Waals surface area contributed by atoms with Gasteiger partial charge in [-0.1, -0.05) is 24.3 Å². The second-order valence-corrected chi connectivity index (χ2v) is 7.51. The molecule has 1 amide bonds. The zero-order chi connectivity index (χ0) is 20.8. The zero-order valence-corrected chi connectivity index (χ0v) is 17.1. The summed E-state index contributed by atoms with van der Waals surface area (Å²) in [6.45, 7) is 7.16. The second-order valence-electron chi connectivity index (χ2n) is 7.51. The van der Waals surface area contributed by atoms with Gasteiger partial charge in [0.15, 0.2) is 5.78 Å². The average Bonchev–Trinajstić information content (AvgIpc) is 2.70. The summed E-state index contributed by atoms with van der Waals surface area (Å²) in [7, 11) is 0. The number of hydrogen-bond acceptors (Lipinski definition) is 4. The minimum absolute atomic E-state index is 0.0176. The maximum absolute atomic E-state index is 14.3. The molecule has 1 fully saturated rings. The highest BCUT2D eigenvalue weighted by Crippen LogP contribution is 2.22. The summed E-state index contributed by atoms with van der Waals surface area (Å²) in [5.41, 5.74) is 3.38. The number of carbonyl (C=O) groups excluding carboxylic acids is 2. The van der Waals surface area contributed by atoms with Crippen LogP contribution in [0.2, 0.25) is 0 Å². The summed E-state index contributed by atoms with van der Waals surface area (Å²) in [6.07, 6.45) is 0.821. The molecule has 5 nitrogen and oxygen atoms in total. The molecule has 2 aromatic carbocycles. The number of benzene rings is 2. The van der Waals surface area contributed by atoms with Gasteiger partial charge in [-0.25, -0.2) is 4.39 Å². The fourth-order valence-electron chi connectivity index (χ4n) is 3.62. The van der Waals surface area contributed by atoms with E-state index in [4.69, 9.17) is 0 Å². The van der Waals surface area contributed by atoms with Crippen LogP contribution in [-0.2, 0) is 11.2 Å². The van der Waals surface area contributed by atoms with Crippen LogP contribution in [-0.4, -0.2) is 55.9 Å². The molecule has 1 saturated heterocycles. The third-order valence-electron chi connectivity index (χ3n) is 5.41. The Balaban J connectivity index is 1.43. The first-order valence-electron chi connectivity index (χ1n) is 10.0. The second kappa shape index (κ2) is 9.65. The van der Waals surface area contributed by atoms with E-state index in [0.717, 1.165) is 6.42 Å². The van der Waals surface area contributed by atoms with E-state index < -0.39 is 0 Å². The molecule has 0 radical (unpaired) electrons. The Bertz CT molecular complexity index is 876. The number of aryl methyl sites for hydroxylation is 1. The standard InChI is InChI=1S/C23H28FN3O2/c1-17-5-3-4-6-19(17)9-10-25-23(29)16-26-11-13-27(14-12-26)22-8-7-20(18(2)28)15-21(22)24/h3-8,15H,9-14,16H2,1-2H3,(H,25,29). The van der Waals surface area contributed by atoms with Gasteiger partial charge in [0.1, 0.15) is 5.82 Å². The highest BCUT2D eigenvalue weighted by atomic mass is 19.1. The fraction of sp³-hybridized carbons (Fsp3) is 0.391. The maximum atomic E-state index is 14.3. The fourth-order valence-corrected chi connectivity index (χ4v) is 3.62. The van der Waals surface area contributed by atoms with Gasteiger partial charge in [-0.2, -0.15) is 0 Å². The molecule has 6 heteroatoms. The first-order chi connectivity index (χ1) is 13.9. The van der Waals surface area contributed by atoms with Crippen molar-refractivity contribution in [1.29, 1.82) is 0 Å². The van der Waals surface area contributed by atoms with Gasteiger partial charge in [-0.3, -0.25) is 14.5 Å². The zero-order valence-electron chi connectivity index (χ0n) is 17.1. The summed E-state index contributed by atoms with van der Waals surface area (Å²) < 4.78 is 14.3. The average molecular weight is 397 g/mol. The lowest BCUT2D eigenvalue weighted by Gasteiger charge is -2.35. The molecule has 0 saturated carbocycles. The Labute approximate surface area is 171 Å². The van der Waals surface area contributed by atoms with Gasteiger partial charge in [-0.05, 0) is 49.6 Å². The van der Waals surface area contributed by atoms with E-state index >= 15 is 0 Å². The number of hydrogen-bond donors (Lipinski definition) is 1. The van der Waals surface area contributed by atoms with Crippen LogP contribution in [0.25, 0.3) is 0 Å². The summed E-state index contributed by atoms with van der Waals surface area (Å²) in [4.78, 5) is 27.7. The van der Waals surface area contributed by atoms with Gasteiger partial charge in [0, 0.05) is 38.3 Å². The molecule has 0 bridgehead atoms. The van der Waals surface area contributed by atoms with Gasteiger partial charge < -0.3 is 10.2 Å². The number of rotatable bonds is 7. The third-order valence-corrected chi connectivity index (χ3v) is 5.41. The summed E-state index contributed by atoms with van der Waals surface area (Å²) >= 11 is 0. The first-order valence-corrected chi connectivity index (χ1v) is 10.0. The molecule has 1 heterocycles. The van der Waals surface area contributed by atoms with E-state index in [2.05, 4.69) is 29.3 Å². The van der Waals surface area contributed by atoms with Crippen LogP contribution in [0.4, 0.5) is 10.1 Å². The molecular formula is C23H28FN3O2. The van der Waals surface area contributed by atoms with Crippen molar-refractivity contribution >= 4 is 17.4 Å². The maximum Gasteiger partial charge on any atom is 0.234 e. The van der Waals surface area contributed by atoms with Crippen molar-refractivity contribution in [1.82, 2.24) is 10.2 Å². The SMILES string of the molecule is CC(=O)c1ccc(N2CCN(CC(=O)NCCc3ccccc3C)CC2)c(F)c1. The van der Waals surface area contributed by atoms with Crippen LogP contribution in [0.5, 0.6) is 0 Å². The minimum Gasteiger partial charge on any atom is -0.367 e. The van der Waals surface area contributed by atoms with Gasteiger partial charge >= 0.3 is 0 Å². The Morgan fingerprint density at radius 3 is 2.45 bits per heavy atom. The number of amides is 1. The monoisotopic (exact) mass is 397 g/mol. The van der Waals surface area contributed by atoms with Gasteiger partial charge in [0.05, 0.1) is 12.2 Å². The molecule has 0 spiro atoms. The molecule has 0 aliphatic carbocycles. The molecule has 1 aliphatic heterocycles. The molecule has 0 unspecified atom stereocenters. The lowest BCUT2D eigenvalue weighted by atomic mass is 10.1. The van der Waals surface area contributed by atoms with Gasteiger partial charge in [0.2, 0.25) is 5.91 Å². The van der Waals surface area contributed by atoms with E-state index in [9.17, 15) is 14.0 Å². The van der Waals surface area contributed by atoms with Crippen molar-refractivity contribution in [3.05, 3.63) is 65.0 Å². The molecular weight excluding hydrogens is 369 g/mol. The van der Waals surface area contributed by atoms with Crippen LogP contribution in [0, 0.1) is 12.7 Å². The number of anilines is 1. The molecule has 154 valence electrons. The van der Waals surface area contributed by atoms with Crippen molar-refractivity contribution in [2.24, 2.45) is 0 Å². The minimum atomic E-state index is -0.375. The van der Waals surface area contributed by atoms with Crippen LogP contribution in [0.1, 0.15) is 28.4 Å². The van der Waals surface area contributed by atoms with E-state index in [-0.39, 0.29) is 17.5 Å². The predicted molar refractivity (Wildman–Crippen MR) is 113 cm³/mol. The van der Waals surface area contributed by atoms with Crippen molar-refractivity contribution < 1.29 is 14.0 Å². The van der Waals surface area contributed by atoms with Gasteiger partial charge in [-0.15, -0.1) is 0 Å². The largest absolute Gasteiger partial charge is 0.367 e. The van der Waals surface area contributed by atoms with Crippen LogP contribution in [0.15, 0.2) is 42.5 Å². The van der Waals surface area contributed by atoms with Crippen LogP contribution in [0.3, 0.4) is 0 Å². The number of Topliss-reactive ketones (excluding diaryl/α,β-unsaturated/α-hetero) is 1. The highest BCUT2D eigenvalue weighted by molar-refractivity contribution is 5.94. The Hall–Kier alpha value is -2.73. The number of nitrogens with zero attached hydrogens (tertiary/aromatic N) is 2. The third kappa shape index (κ3) is 5.64. The van der Waals surface area contributed by atoms with E-state index in [1.807, 2.05) is 17.0 Å². The first kappa shape index (κ1) is 21.0. The number of piperazine rings is 1. The van der Waals surface area contributed by atoms with Crippen molar-refractivity contribution in [2.45, 2.75) is 20.3 Å². The van der Waals surface area contributed by atoms with Crippen LogP contribution >= 0.6 is 0 Å². The summed E-state index contributed by atoms with van der Waals surface area (Å²) in [5.74, 6) is -0.502. The summed E-state index contributed by atoms with van der Waals surface area (Å²) in [5, 5.41) is 2.99. The molecule has 3 rings (SSSR count). The Morgan fingerprint density at radius 1 is 1.07 bits per heavy atom. The van der Waals surface area contributed by atoms with E-state index in [1.54, 1.807) is 12.1 Å². The number of carbonyl (C=O) groups is 2. The normalized spacial score (nSPS) is 14.7. The topological polar surface area (TPSA) is 52.7 Å². The molecule has 0 atom stereocenters.